The highest BCUT2D eigenvalue weighted by atomic mass is 16.5. The molecule has 0 unspecified atom stereocenters. The number of esters is 1. The third-order valence-electron chi connectivity index (χ3n) is 3.53. The van der Waals surface area contributed by atoms with Gasteiger partial charge in [-0.05, 0) is 37.3 Å². The van der Waals surface area contributed by atoms with Gasteiger partial charge in [0.2, 0.25) is 5.90 Å². The minimum Gasteiger partial charge on any atom is -0.462 e. The molecule has 0 bridgehead atoms. The third kappa shape index (κ3) is 4.46. The molecule has 7 heteroatoms. The average Bonchev–Trinajstić information content (AvgIpc) is 3.19. The second-order valence-corrected chi connectivity index (χ2v) is 5.38. The van der Waals surface area contributed by atoms with E-state index < -0.39 is 5.97 Å². The van der Waals surface area contributed by atoms with Gasteiger partial charge in [0.1, 0.15) is 17.1 Å². The van der Waals surface area contributed by atoms with Crippen LogP contribution in [-0.4, -0.2) is 34.3 Å². The first-order chi connectivity index (χ1) is 13.2. The summed E-state index contributed by atoms with van der Waals surface area (Å²) in [5.41, 5.74) is 0.995. The van der Waals surface area contributed by atoms with E-state index in [1.165, 1.54) is 0 Å². The van der Waals surface area contributed by atoms with E-state index in [1.54, 1.807) is 55.7 Å². The van der Waals surface area contributed by atoms with Crippen LogP contribution < -0.4 is 4.74 Å². The van der Waals surface area contributed by atoms with Crippen molar-refractivity contribution in [2.75, 3.05) is 6.61 Å². The molecule has 0 aliphatic heterocycles. The van der Waals surface area contributed by atoms with E-state index in [4.69, 9.17) is 14.9 Å². The molecule has 0 saturated heterocycles. The van der Waals surface area contributed by atoms with Gasteiger partial charge in [0.25, 0.3) is 0 Å². The van der Waals surface area contributed by atoms with Gasteiger partial charge in [0.15, 0.2) is 5.84 Å². The van der Waals surface area contributed by atoms with E-state index in [2.05, 4.69) is 15.0 Å². The maximum Gasteiger partial charge on any atom is 0.340 e. The summed E-state index contributed by atoms with van der Waals surface area (Å²) in [4.78, 5) is 23.6. The van der Waals surface area contributed by atoms with Crippen LogP contribution >= 0.6 is 0 Å². The summed E-state index contributed by atoms with van der Waals surface area (Å²) < 4.78 is 10.9. The topological polar surface area (TPSA) is 100 Å². The fourth-order valence-corrected chi connectivity index (χ4v) is 2.32. The molecule has 0 atom stereocenters. The molecule has 136 valence electrons. The molecular formula is C20H18N4O3. The van der Waals surface area contributed by atoms with Gasteiger partial charge in [0, 0.05) is 12.4 Å². The molecule has 0 amide bonds. The molecule has 1 aromatic carbocycles. The Morgan fingerprint density at radius 1 is 1.15 bits per heavy atom. The Hall–Kier alpha value is -3.74. The molecule has 2 aromatic heterocycles. The number of carbonyl (C=O) groups excluding carboxylic acids is 1. The number of para-hydroxylation sites is 1. The molecule has 0 radical (unpaired) electrons. The Bertz CT molecular complexity index is 950. The molecule has 0 saturated carbocycles. The number of aliphatic imine (C=N–C) groups is 1. The standard InChI is InChI=1S/C20H18N4O3/c1-2-26-20(25)15-11-13-23-17(15)19(27-14-8-4-3-5-9-14)24-18(21)16-10-6-7-12-22-16/h3-13,21,23H,2H2,1H3. The summed E-state index contributed by atoms with van der Waals surface area (Å²) in [6.07, 6.45) is 3.17. The molecule has 2 heterocycles. The average molecular weight is 362 g/mol. The number of aromatic amines is 1. The highest BCUT2D eigenvalue weighted by Gasteiger charge is 2.21. The highest BCUT2D eigenvalue weighted by Crippen LogP contribution is 2.16. The molecule has 3 aromatic rings. The summed E-state index contributed by atoms with van der Waals surface area (Å²) >= 11 is 0. The smallest absolute Gasteiger partial charge is 0.340 e. The molecule has 2 N–H and O–H groups in total. The van der Waals surface area contributed by atoms with E-state index in [0.29, 0.717) is 17.1 Å². The second kappa shape index (κ2) is 8.57. The maximum absolute atomic E-state index is 12.2. The molecule has 0 aliphatic carbocycles. The predicted octanol–water partition coefficient (Wildman–Crippen LogP) is 3.44. The van der Waals surface area contributed by atoms with Crippen molar-refractivity contribution in [2.45, 2.75) is 6.92 Å². The van der Waals surface area contributed by atoms with Crippen LogP contribution in [-0.2, 0) is 4.74 Å². The van der Waals surface area contributed by atoms with Crippen LogP contribution in [0.25, 0.3) is 0 Å². The molecule has 0 aliphatic rings. The number of hydrogen-bond donors (Lipinski definition) is 2. The number of nitrogens with one attached hydrogen (secondary N) is 2. The molecular weight excluding hydrogens is 344 g/mol. The number of hydrogen-bond acceptors (Lipinski definition) is 5. The zero-order chi connectivity index (χ0) is 19.1. The van der Waals surface area contributed by atoms with Gasteiger partial charge in [-0.2, -0.15) is 4.99 Å². The predicted molar refractivity (Wildman–Crippen MR) is 101 cm³/mol. The van der Waals surface area contributed by atoms with E-state index in [9.17, 15) is 4.79 Å². The lowest BCUT2D eigenvalue weighted by molar-refractivity contribution is 0.0526. The second-order valence-electron chi connectivity index (χ2n) is 5.38. The summed E-state index contributed by atoms with van der Waals surface area (Å²) in [7, 11) is 0. The number of amidine groups is 1. The Kier molecular flexibility index (Phi) is 5.73. The summed E-state index contributed by atoms with van der Waals surface area (Å²) in [6.45, 7) is 1.98. The Balaban J connectivity index is 2.01. The van der Waals surface area contributed by atoms with Gasteiger partial charge in [-0.15, -0.1) is 0 Å². The Morgan fingerprint density at radius 3 is 2.63 bits per heavy atom. The van der Waals surface area contributed by atoms with Crippen LogP contribution in [0.15, 0.2) is 72.0 Å². The number of carbonyl (C=O) groups is 1. The van der Waals surface area contributed by atoms with Crippen LogP contribution in [0.3, 0.4) is 0 Å². The number of ether oxygens (including phenoxy) is 2. The maximum atomic E-state index is 12.2. The zero-order valence-corrected chi connectivity index (χ0v) is 14.7. The van der Waals surface area contributed by atoms with E-state index in [1.807, 2.05) is 18.2 Å². The molecule has 7 nitrogen and oxygen atoms in total. The number of rotatable bonds is 5. The van der Waals surface area contributed by atoms with Crippen LogP contribution in [0.4, 0.5) is 0 Å². The highest BCUT2D eigenvalue weighted by molar-refractivity contribution is 6.11. The molecule has 0 spiro atoms. The monoisotopic (exact) mass is 362 g/mol. The first kappa shape index (κ1) is 18.1. The number of aromatic nitrogens is 2. The Morgan fingerprint density at radius 2 is 1.93 bits per heavy atom. The summed E-state index contributed by atoms with van der Waals surface area (Å²) in [5.74, 6) is 0.00723. The quantitative estimate of drug-likeness (QED) is 0.412. The largest absolute Gasteiger partial charge is 0.462 e. The molecule has 3 rings (SSSR count). The van der Waals surface area contributed by atoms with Gasteiger partial charge < -0.3 is 14.5 Å². The first-order valence-electron chi connectivity index (χ1n) is 8.35. The normalized spacial score (nSPS) is 11.1. The third-order valence-corrected chi connectivity index (χ3v) is 3.53. The lowest BCUT2D eigenvalue weighted by atomic mass is 10.2. The van der Waals surface area contributed by atoms with E-state index in [-0.39, 0.29) is 23.9 Å². The zero-order valence-electron chi connectivity index (χ0n) is 14.7. The van der Waals surface area contributed by atoms with E-state index in [0.717, 1.165) is 0 Å². The van der Waals surface area contributed by atoms with Crippen molar-refractivity contribution in [3.05, 3.63) is 83.9 Å². The van der Waals surface area contributed by atoms with Gasteiger partial charge >= 0.3 is 5.97 Å². The number of H-pyrrole nitrogens is 1. The van der Waals surface area contributed by atoms with Crippen LogP contribution in [0.5, 0.6) is 5.75 Å². The fraction of sp³-hybridized carbons (Fsp3) is 0.100. The lowest BCUT2D eigenvalue weighted by Crippen LogP contribution is -2.18. The van der Waals surface area contributed by atoms with Gasteiger partial charge in [-0.1, -0.05) is 24.3 Å². The van der Waals surface area contributed by atoms with Crippen molar-refractivity contribution in [1.82, 2.24) is 9.97 Å². The fourth-order valence-electron chi connectivity index (χ4n) is 2.32. The lowest BCUT2D eigenvalue weighted by Gasteiger charge is -2.10. The van der Waals surface area contributed by atoms with Crippen LogP contribution in [0.2, 0.25) is 0 Å². The summed E-state index contributed by atoms with van der Waals surface area (Å²) in [6, 6.07) is 15.8. The Labute approximate surface area is 156 Å². The van der Waals surface area contributed by atoms with Crippen molar-refractivity contribution in [1.29, 1.82) is 5.41 Å². The summed E-state index contributed by atoms with van der Waals surface area (Å²) in [5, 5.41) is 8.23. The molecule has 0 fully saturated rings. The number of nitrogens with zero attached hydrogens (tertiary/aromatic N) is 2. The van der Waals surface area contributed by atoms with E-state index >= 15 is 0 Å². The minimum atomic E-state index is -0.498. The minimum absolute atomic E-state index is 0.0740. The van der Waals surface area contributed by atoms with Crippen LogP contribution in [0, 0.1) is 5.41 Å². The number of benzene rings is 1. The first-order valence-corrected chi connectivity index (χ1v) is 8.35. The van der Waals surface area contributed by atoms with Gasteiger partial charge in [-0.3, -0.25) is 10.4 Å². The van der Waals surface area contributed by atoms with Gasteiger partial charge in [-0.25, -0.2) is 4.79 Å². The van der Waals surface area contributed by atoms with Crippen molar-refractivity contribution in [3.63, 3.8) is 0 Å². The van der Waals surface area contributed by atoms with Crippen molar-refractivity contribution in [2.24, 2.45) is 4.99 Å². The van der Waals surface area contributed by atoms with Crippen molar-refractivity contribution < 1.29 is 14.3 Å². The molecule has 27 heavy (non-hydrogen) atoms. The van der Waals surface area contributed by atoms with Crippen molar-refractivity contribution in [3.8, 4) is 5.75 Å². The van der Waals surface area contributed by atoms with Crippen molar-refractivity contribution >= 4 is 17.7 Å². The van der Waals surface area contributed by atoms with Gasteiger partial charge in [0.05, 0.1) is 12.2 Å². The number of pyridine rings is 1. The van der Waals surface area contributed by atoms with Crippen LogP contribution in [0.1, 0.15) is 28.7 Å². The SMILES string of the molecule is CCOC(=O)c1cc[nH]c1C(=NC(=N)c1ccccn1)Oc1ccccc1.